The maximum absolute atomic E-state index is 5.84. The van der Waals surface area contributed by atoms with Crippen LogP contribution in [0, 0.1) is 0 Å². The van der Waals surface area contributed by atoms with E-state index in [1.54, 1.807) is 18.2 Å². The van der Waals surface area contributed by atoms with Crippen molar-refractivity contribution in [3.05, 3.63) is 29.8 Å². The number of aromatic nitrogens is 4. The third-order valence-corrected chi connectivity index (χ3v) is 2.95. The van der Waals surface area contributed by atoms with Crippen molar-refractivity contribution in [2.45, 2.75) is 0 Å². The number of fused-ring (bicyclic) bond motifs is 2. The molecule has 0 unspecified atom stereocenters. The highest BCUT2D eigenvalue weighted by Gasteiger charge is 2.16. The number of H-pyrrole nitrogens is 1. The number of hydrogen-bond donors (Lipinski definition) is 1. The van der Waals surface area contributed by atoms with E-state index in [0.717, 1.165) is 0 Å². The Bertz CT molecular complexity index is 804. The predicted octanol–water partition coefficient (Wildman–Crippen LogP) is 2.53. The number of rotatable bonds is 2. The molecule has 0 fully saturated rings. The molecule has 1 aliphatic heterocycles. The van der Waals surface area contributed by atoms with Crippen molar-refractivity contribution in [3.8, 4) is 23.1 Å². The van der Waals surface area contributed by atoms with Gasteiger partial charge >= 0.3 is 0 Å². The summed E-state index contributed by atoms with van der Waals surface area (Å²) in [4.78, 5) is 15.0. The third-order valence-electron chi connectivity index (χ3n) is 2.78. The average Bonchev–Trinajstić information content (AvgIpc) is 3.05. The fourth-order valence-corrected chi connectivity index (χ4v) is 2.06. The van der Waals surface area contributed by atoms with Crippen LogP contribution in [0.1, 0.15) is 0 Å². The molecule has 0 saturated heterocycles. The van der Waals surface area contributed by atoms with Gasteiger partial charge in [0, 0.05) is 6.07 Å². The molecule has 4 rings (SSSR count). The minimum atomic E-state index is 0.0698. The highest BCUT2D eigenvalue weighted by molar-refractivity contribution is 6.28. The van der Waals surface area contributed by atoms with Crippen LogP contribution in [0.2, 0.25) is 5.28 Å². The van der Waals surface area contributed by atoms with E-state index in [0.29, 0.717) is 34.3 Å². The quantitative estimate of drug-likeness (QED) is 0.730. The van der Waals surface area contributed by atoms with Gasteiger partial charge in [-0.15, -0.1) is 0 Å². The van der Waals surface area contributed by atoms with E-state index in [4.69, 9.17) is 25.8 Å². The maximum atomic E-state index is 5.84. The Kier molecular flexibility index (Phi) is 2.40. The third kappa shape index (κ3) is 1.79. The summed E-state index contributed by atoms with van der Waals surface area (Å²) in [6.45, 7) is 0.211. The minimum absolute atomic E-state index is 0.0698. The molecule has 3 heterocycles. The van der Waals surface area contributed by atoms with Crippen LogP contribution in [0.5, 0.6) is 23.1 Å². The topological polar surface area (TPSA) is 82.1 Å². The molecule has 0 spiro atoms. The lowest BCUT2D eigenvalue weighted by Gasteiger charge is -2.06. The molecule has 2 aromatic heterocycles. The van der Waals surface area contributed by atoms with Crippen molar-refractivity contribution in [2.24, 2.45) is 0 Å². The molecule has 3 aromatic rings. The van der Waals surface area contributed by atoms with Crippen LogP contribution in [0.15, 0.2) is 24.5 Å². The van der Waals surface area contributed by atoms with E-state index in [1.165, 1.54) is 6.33 Å². The largest absolute Gasteiger partial charge is 0.454 e. The van der Waals surface area contributed by atoms with Crippen molar-refractivity contribution in [1.29, 1.82) is 0 Å². The van der Waals surface area contributed by atoms with Gasteiger partial charge in [0.2, 0.25) is 18.0 Å². The Morgan fingerprint density at radius 2 is 2.10 bits per heavy atom. The monoisotopic (exact) mass is 290 g/mol. The standard InChI is InChI=1S/C12H7ClN4O3/c13-12-16-10-9(14-4-15-10)11(17-12)20-6-1-2-7-8(3-6)19-5-18-7/h1-4H,5H2,(H,14,15,16,17). The van der Waals surface area contributed by atoms with Crippen molar-refractivity contribution in [1.82, 2.24) is 19.9 Å². The predicted molar refractivity (Wildman–Crippen MR) is 69.3 cm³/mol. The number of ether oxygens (including phenoxy) is 3. The molecule has 1 aliphatic rings. The van der Waals surface area contributed by atoms with Crippen molar-refractivity contribution < 1.29 is 14.2 Å². The molecule has 8 heteroatoms. The normalized spacial score (nSPS) is 12.8. The minimum Gasteiger partial charge on any atom is -0.454 e. The van der Waals surface area contributed by atoms with Gasteiger partial charge in [-0.2, -0.15) is 9.97 Å². The summed E-state index contributed by atoms with van der Waals surface area (Å²) in [7, 11) is 0. The zero-order valence-corrected chi connectivity index (χ0v) is 10.7. The molecule has 0 amide bonds. The Morgan fingerprint density at radius 1 is 1.20 bits per heavy atom. The average molecular weight is 291 g/mol. The summed E-state index contributed by atoms with van der Waals surface area (Å²) in [6, 6.07) is 5.25. The Labute approximate surface area is 117 Å². The zero-order chi connectivity index (χ0) is 13.5. The van der Waals surface area contributed by atoms with Crippen LogP contribution in [-0.4, -0.2) is 26.7 Å². The van der Waals surface area contributed by atoms with E-state index < -0.39 is 0 Å². The lowest BCUT2D eigenvalue weighted by Crippen LogP contribution is -1.93. The van der Waals surface area contributed by atoms with Crippen LogP contribution in [0.4, 0.5) is 0 Å². The van der Waals surface area contributed by atoms with Gasteiger partial charge in [-0.05, 0) is 23.7 Å². The van der Waals surface area contributed by atoms with Gasteiger partial charge in [0.05, 0.1) is 6.33 Å². The number of halogens is 1. The highest BCUT2D eigenvalue weighted by Crippen LogP contribution is 2.37. The SMILES string of the molecule is Clc1nc(Oc2ccc3c(c2)OCO3)c2[nH]cnc2n1. The van der Waals surface area contributed by atoms with E-state index in [-0.39, 0.29) is 12.1 Å². The van der Waals surface area contributed by atoms with Crippen LogP contribution < -0.4 is 14.2 Å². The molecule has 7 nitrogen and oxygen atoms in total. The second kappa shape index (κ2) is 4.24. The summed E-state index contributed by atoms with van der Waals surface area (Å²) >= 11 is 5.84. The first kappa shape index (κ1) is 11.3. The van der Waals surface area contributed by atoms with Gasteiger partial charge in [-0.25, -0.2) is 4.98 Å². The van der Waals surface area contributed by atoms with Gasteiger partial charge in [0.1, 0.15) is 11.3 Å². The van der Waals surface area contributed by atoms with Gasteiger partial charge in [-0.1, -0.05) is 0 Å². The van der Waals surface area contributed by atoms with Crippen molar-refractivity contribution >= 4 is 22.8 Å². The lowest BCUT2D eigenvalue weighted by molar-refractivity contribution is 0.174. The number of benzene rings is 1. The van der Waals surface area contributed by atoms with Crippen LogP contribution in [0.3, 0.4) is 0 Å². The number of nitrogens with zero attached hydrogens (tertiary/aromatic N) is 3. The molecule has 100 valence electrons. The first-order valence-electron chi connectivity index (χ1n) is 5.74. The Balaban J connectivity index is 1.75. The molecule has 1 N–H and O–H groups in total. The molecule has 1 aromatic carbocycles. The zero-order valence-electron chi connectivity index (χ0n) is 9.96. The molecule has 0 saturated carbocycles. The Morgan fingerprint density at radius 3 is 3.05 bits per heavy atom. The Hall–Kier alpha value is -2.54. The summed E-state index contributed by atoms with van der Waals surface area (Å²) in [5.74, 6) is 2.17. The second-order valence-corrected chi connectivity index (χ2v) is 4.35. The van der Waals surface area contributed by atoms with E-state index >= 15 is 0 Å². The number of imidazole rings is 1. The first-order valence-corrected chi connectivity index (χ1v) is 6.11. The first-order chi connectivity index (χ1) is 9.79. The summed E-state index contributed by atoms with van der Waals surface area (Å²) in [5, 5.41) is 0.0698. The number of aromatic amines is 1. The van der Waals surface area contributed by atoms with Crippen LogP contribution >= 0.6 is 11.6 Å². The summed E-state index contributed by atoms with van der Waals surface area (Å²) in [6.07, 6.45) is 1.50. The van der Waals surface area contributed by atoms with Gasteiger partial charge in [0.15, 0.2) is 17.1 Å². The van der Waals surface area contributed by atoms with Crippen molar-refractivity contribution in [3.63, 3.8) is 0 Å². The van der Waals surface area contributed by atoms with Crippen LogP contribution in [-0.2, 0) is 0 Å². The fourth-order valence-electron chi connectivity index (χ4n) is 1.91. The smallest absolute Gasteiger partial charge is 0.250 e. The number of hydrogen-bond acceptors (Lipinski definition) is 6. The van der Waals surface area contributed by atoms with Gasteiger partial charge in [-0.3, -0.25) is 0 Å². The molecule has 0 radical (unpaired) electrons. The second-order valence-electron chi connectivity index (χ2n) is 4.02. The number of nitrogens with one attached hydrogen (secondary N) is 1. The molecular formula is C12H7ClN4O3. The summed E-state index contributed by atoms with van der Waals surface area (Å²) < 4.78 is 16.2. The molecule has 20 heavy (non-hydrogen) atoms. The maximum Gasteiger partial charge on any atom is 0.250 e. The van der Waals surface area contributed by atoms with Gasteiger partial charge < -0.3 is 19.2 Å². The summed E-state index contributed by atoms with van der Waals surface area (Å²) in [5.41, 5.74) is 1.02. The lowest BCUT2D eigenvalue weighted by atomic mass is 10.3. The van der Waals surface area contributed by atoms with E-state index in [2.05, 4.69) is 19.9 Å². The molecule has 0 aliphatic carbocycles. The van der Waals surface area contributed by atoms with Crippen LogP contribution in [0.25, 0.3) is 11.2 Å². The molecular weight excluding hydrogens is 284 g/mol. The molecule has 0 bridgehead atoms. The molecule has 0 atom stereocenters. The highest BCUT2D eigenvalue weighted by atomic mass is 35.5. The van der Waals surface area contributed by atoms with E-state index in [9.17, 15) is 0 Å². The fraction of sp³-hybridized carbons (Fsp3) is 0.0833. The van der Waals surface area contributed by atoms with Gasteiger partial charge in [0.25, 0.3) is 0 Å². The van der Waals surface area contributed by atoms with E-state index in [1.807, 2.05) is 0 Å². The van der Waals surface area contributed by atoms with Crippen molar-refractivity contribution in [2.75, 3.05) is 6.79 Å².